The van der Waals surface area contributed by atoms with Crippen LogP contribution in [0.1, 0.15) is 29.5 Å². The van der Waals surface area contributed by atoms with Gasteiger partial charge >= 0.3 is 0 Å². The van der Waals surface area contributed by atoms with Crippen LogP contribution in [-0.4, -0.2) is 33.7 Å². The smallest absolute Gasteiger partial charge is 0.239 e. The predicted molar refractivity (Wildman–Crippen MR) is 105 cm³/mol. The Kier molecular flexibility index (Phi) is 4.86. The van der Waals surface area contributed by atoms with Gasteiger partial charge in [0.15, 0.2) is 0 Å². The van der Waals surface area contributed by atoms with E-state index in [0.29, 0.717) is 18.4 Å². The van der Waals surface area contributed by atoms with Gasteiger partial charge in [0, 0.05) is 17.0 Å². The molecule has 1 fully saturated rings. The van der Waals surface area contributed by atoms with Crippen molar-refractivity contribution < 1.29 is 4.79 Å². The van der Waals surface area contributed by atoms with Gasteiger partial charge in [0.2, 0.25) is 5.91 Å². The van der Waals surface area contributed by atoms with Gasteiger partial charge in [0.1, 0.15) is 5.82 Å². The summed E-state index contributed by atoms with van der Waals surface area (Å²) in [4.78, 5) is 16.3. The number of rotatable bonds is 5. The molecule has 1 aliphatic heterocycles. The van der Waals surface area contributed by atoms with E-state index < -0.39 is 0 Å². The van der Waals surface area contributed by atoms with E-state index in [4.69, 9.17) is 0 Å². The van der Waals surface area contributed by atoms with Crippen LogP contribution in [0, 0.1) is 6.92 Å². The molecule has 0 saturated carbocycles. The molecule has 134 valence electrons. The Labute approximate surface area is 157 Å². The molecule has 0 bridgehead atoms. The number of aryl methyl sites for hydroxylation is 1. The third-order valence-electron chi connectivity index (χ3n) is 4.68. The van der Waals surface area contributed by atoms with Gasteiger partial charge in [-0.1, -0.05) is 24.3 Å². The van der Waals surface area contributed by atoms with Gasteiger partial charge in [0.25, 0.3) is 0 Å². The Hall–Kier alpha value is -2.44. The van der Waals surface area contributed by atoms with Crippen LogP contribution in [0.5, 0.6) is 0 Å². The number of hydrogen-bond donors (Lipinski definition) is 1. The van der Waals surface area contributed by atoms with Crippen LogP contribution in [-0.2, 0) is 4.79 Å². The maximum absolute atomic E-state index is 12.7. The minimum absolute atomic E-state index is 0.00513. The minimum atomic E-state index is 0.00513. The zero-order chi connectivity index (χ0) is 17.9. The molecular formula is C20H22N4OS. The molecule has 1 atom stereocenters. The largest absolute Gasteiger partial charge is 0.309 e. The maximum Gasteiger partial charge on any atom is 0.239 e. The molecule has 0 aliphatic carbocycles. The highest BCUT2D eigenvalue weighted by Gasteiger charge is 2.28. The van der Waals surface area contributed by atoms with Gasteiger partial charge < -0.3 is 5.32 Å². The van der Waals surface area contributed by atoms with Gasteiger partial charge in [-0.05, 0) is 49.9 Å². The van der Waals surface area contributed by atoms with Crippen molar-refractivity contribution in [1.29, 1.82) is 0 Å². The van der Waals surface area contributed by atoms with E-state index in [-0.39, 0.29) is 5.91 Å². The highest BCUT2D eigenvalue weighted by atomic mass is 32.1. The summed E-state index contributed by atoms with van der Waals surface area (Å²) in [7, 11) is 0. The van der Waals surface area contributed by atoms with Crippen LogP contribution in [0.4, 0.5) is 5.82 Å². The van der Waals surface area contributed by atoms with Crippen LogP contribution in [0.3, 0.4) is 0 Å². The highest BCUT2D eigenvalue weighted by Crippen LogP contribution is 2.34. The maximum atomic E-state index is 12.7. The van der Waals surface area contributed by atoms with Crippen LogP contribution in [0.25, 0.3) is 5.69 Å². The average molecular weight is 366 g/mol. The summed E-state index contributed by atoms with van der Waals surface area (Å²) < 4.78 is 1.79. The van der Waals surface area contributed by atoms with E-state index in [2.05, 4.69) is 32.8 Å². The van der Waals surface area contributed by atoms with Crippen molar-refractivity contribution in [3.8, 4) is 5.69 Å². The molecule has 3 heterocycles. The van der Waals surface area contributed by atoms with Crippen molar-refractivity contribution in [2.24, 2.45) is 0 Å². The fourth-order valence-electron chi connectivity index (χ4n) is 3.54. The topological polar surface area (TPSA) is 50.2 Å². The molecule has 26 heavy (non-hydrogen) atoms. The van der Waals surface area contributed by atoms with Crippen LogP contribution in [0.15, 0.2) is 53.9 Å². The molecule has 1 saturated heterocycles. The average Bonchev–Trinajstić information content (AvgIpc) is 3.36. The number of nitrogens with zero attached hydrogens (tertiary/aromatic N) is 3. The van der Waals surface area contributed by atoms with Gasteiger partial charge in [-0.15, -0.1) is 11.3 Å². The molecule has 5 nitrogen and oxygen atoms in total. The number of carbonyl (C=O) groups is 1. The number of likely N-dealkylation sites (tertiary alicyclic amines) is 1. The molecule has 0 unspecified atom stereocenters. The molecule has 0 spiro atoms. The molecular weight excluding hydrogens is 344 g/mol. The highest BCUT2D eigenvalue weighted by molar-refractivity contribution is 7.10. The lowest BCUT2D eigenvalue weighted by Gasteiger charge is -2.22. The first-order valence-corrected chi connectivity index (χ1v) is 9.78. The second-order valence-electron chi connectivity index (χ2n) is 6.61. The van der Waals surface area contributed by atoms with Crippen LogP contribution in [0.2, 0.25) is 0 Å². The molecule has 4 rings (SSSR count). The second kappa shape index (κ2) is 7.43. The van der Waals surface area contributed by atoms with Gasteiger partial charge in [-0.3, -0.25) is 9.69 Å². The summed E-state index contributed by atoms with van der Waals surface area (Å²) in [5, 5.41) is 9.66. The molecule has 1 aliphatic rings. The number of thiophene rings is 1. The number of amides is 1. The van der Waals surface area contributed by atoms with E-state index in [1.807, 2.05) is 43.3 Å². The first kappa shape index (κ1) is 17.0. The first-order valence-electron chi connectivity index (χ1n) is 8.90. The van der Waals surface area contributed by atoms with E-state index in [1.54, 1.807) is 16.0 Å². The summed E-state index contributed by atoms with van der Waals surface area (Å²) in [6.07, 6.45) is 2.26. The summed E-state index contributed by atoms with van der Waals surface area (Å²) in [5.41, 5.74) is 1.82. The number of nitrogens with one attached hydrogen (secondary N) is 1. The standard InChI is InChI=1S/C20H22N4OS/c1-15-13-19(24(22-15)16-7-3-2-4-8-16)21-20(25)14-23-11-5-9-17(23)18-10-6-12-26-18/h2-4,6-8,10,12-13,17H,5,9,11,14H2,1H3,(H,21,25)/t17-/m0/s1. The lowest BCUT2D eigenvalue weighted by Crippen LogP contribution is -2.33. The van der Waals surface area contributed by atoms with Crippen LogP contribution >= 0.6 is 11.3 Å². The number of carbonyl (C=O) groups excluding carboxylic acids is 1. The summed E-state index contributed by atoms with van der Waals surface area (Å²) >= 11 is 1.77. The molecule has 6 heteroatoms. The zero-order valence-corrected chi connectivity index (χ0v) is 15.6. The molecule has 3 aromatic rings. The zero-order valence-electron chi connectivity index (χ0n) is 14.8. The third-order valence-corrected chi connectivity index (χ3v) is 5.66. The fourth-order valence-corrected chi connectivity index (χ4v) is 4.44. The normalized spacial score (nSPS) is 17.5. The van der Waals surface area contributed by atoms with Crippen molar-refractivity contribution >= 4 is 23.1 Å². The van der Waals surface area contributed by atoms with Crippen molar-refractivity contribution in [1.82, 2.24) is 14.7 Å². The fraction of sp³-hybridized carbons (Fsp3) is 0.300. The minimum Gasteiger partial charge on any atom is -0.309 e. The Morgan fingerprint density at radius 2 is 2.12 bits per heavy atom. The monoisotopic (exact) mass is 366 g/mol. The summed E-state index contributed by atoms with van der Waals surface area (Å²) in [5.74, 6) is 0.719. The molecule has 1 aromatic carbocycles. The quantitative estimate of drug-likeness (QED) is 0.742. The van der Waals surface area contributed by atoms with E-state index in [9.17, 15) is 4.79 Å². The molecule has 1 N–H and O–H groups in total. The summed E-state index contributed by atoms with van der Waals surface area (Å²) in [6.45, 7) is 3.30. The van der Waals surface area contributed by atoms with Crippen molar-refractivity contribution in [3.63, 3.8) is 0 Å². The van der Waals surface area contributed by atoms with Gasteiger partial charge in [0.05, 0.1) is 17.9 Å². The Morgan fingerprint density at radius 3 is 2.88 bits per heavy atom. The summed E-state index contributed by atoms with van der Waals surface area (Å²) in [6, 6.07) is 16.4. The number of anilines is 1. The number of hydrogen-bond acceptors (Lipinski definition) is 4. The Bertz CT molecular complexity index is 873. The first-order chi connectivity index (χ1) is 12.7. The SMILES string of the molecule is Cc1cc(NC(=O)CN2CCC[C@H]2c2cccs2)n(-c2ccccc2)n1. The third kappa shape index (κ3) is 3.57. The van der Waals surface area contributed by atoms with E-state index in [1.165, 1.54) is 4.88 Å². The molecule has 1 amide bonds. The number of para-hydroxylation sites is 1. The van der Waals surface area contributed by atoms with E-state index in [0.717, 1.165) is 30.8 Å². The van der Waals surface area contributed by atoms with Crippen molar-refractivity contribution in [2.45, 2.75) is 25.8 Å². The Morgan fingerprint density at radius 1 is 1.27 bits per heavy atom. The second-order valence-corrected chi connectivity index (χ2v) is 7.59. The number of aromatic nitrogens is 2. The lowest BCUT2D eigenvalue weighted by atomic mass is 10.2. The van der Waals surface area contributed by atoms with Gasteiger partial charge in [-0.2, -0.15) is 5.10 Å². The van der Waals surface area contributed by atoms with Crippen molar-refractivity contribution in [3.05, 3.63) is 64.5 Å². The lowest BCUT2D eigenvalue weighted by molar-refractivity contribution is -0.117. The van der Waals surface area contributed by atoms with Crippen molar-refractivity contribution in [2.75, 3.05) is 18.4 Å². The van der Waals surface area contributed by atoms with Crippen LogP contribution < -0.4 is 5.32 Å². The van der Waals surface area contributed by atoms with Gasteiger partial charge in [-0.25, -0.2) is 4.68 Å². The van der Waals surface area contributed by atoms with E-state index >= 15 is 0 Å². The number of benzene rings is 1. The molecule has 2 aromatic heterocycles. The predicted octanol–water partition coefficient (Wildman–Crippen LogP) is 4.02. The Balaban J connectivity index is 1.47. The molecule has 0 radical (unpaired) electrons.